The summed E-state index contributed by atoms with van der Waals surface area (Å²) in [6.07, 6.45) is 0. The van der Waals surface area contributed by atoms with Crippen LogP contribution in [0.2, 0.25) is 0 Å². The number of nitrogens with zero attached hydrogens (tertiary/aromatic N) is 1. The summed E-state index contributed by atoms with van der Waals surface area (Å²) in [5.74, 6) is -0.0317. The fourth-order valence-electron chi connectivity index (χ4n) is 1.70. The van der Waals surface area contributed by atoms with Gasteiger partial charge in [-0.1, -0.05) is 12.1 Å². The Kier molecular flexibility index (Phi) is 5.08. The molecule has 1 aromatic carbocycles. The van der Waals surface area contributed by atoms with Gasteiger partial charge in [0.1, 0.15) is 0 Å². The van der Waals surface area contributed by atoms with Crippen LogP contribution in [-0.4, -0.2) is 18.0 Å². The molecular formula is C15H21N3O. The topological polar surface area (TPSA) is 64.9 Å². The van der Waals surface area contributed by atoms with E-state index < -0.39 is 0 Å². The zero-order valence-electron chi connectivity index (χ0n) is 11.9. The zero-order valence-corrected chi connectivity index (χ0v) is 11.9. The number of amides is 1. The van der Waals surface area contributed by atoms with Gasteiger partial charge in [0.25, 0.3) is 0 Å². The molecule has 19 heavy (non-hydrogen) atoms. The maximum absolute atomic E-state index is 11.7. The quantitative estimate of drug-likeness (QED) is 0.870. The second kappa shape index (κ2) is 6.35. The SMILES string of the molecule is CC(NCC(=O)NC(C)(C)C)c1cccc(C#N)c1. The van der Waals surface area contributed by atoms with Crippen molar-refractivity contribution in [3.8, 4) is 6.07 Å². The molecule has 1 unspecified atom stereocenters. The Bertz CT molecular complexity index is 483. The third-order valence-corrected chi connectivity index (χ3v) is 2.60. The fraction of sp³-hybridized carbons (Fsp3) is 0.467. The lowest BCUT2D eigenvalue weighted by Gasteiger charge is -2.21. The lowest BCUT2D eigenvalue weighted by molar-refractivity contribution is -0.121. The molecule has 0 aliphatic carbocycles. The molecule has 0 bridgehead atoms. The van der Waals surface area contributed by atoms with Crippen molar-refractivity contribution in [2.24, 2.45) is 0 Å². The maximum atomic E-state index is 11.7. The van der Waals surface area contributed by atoms with Crippen molar-refractivity contribution in [1.29, 1.82) is 5.26 Å². The van der Waals surface area contributed by atoms with E-state index in [-0.39, 0.29) is 24.0 Å². The van der Waals surface area contributed by atoms with Crippen molar-refractivity contribution in [3.63, 3.8) is 0 Å². The van der Waals surface area contributed by atoms with Crippen molar-refractivity contribution >= 4 is 5.91 Å². The van der Waals surface area contributed by atoms with Crippen LogP contribution in [0.15, 0.2) is 24.3 Å². The summed E-state index contributed by atoms with van der Waals surface area (Å²) in [6, 6.07) is 9.53. The smallest absolute Gasteiger partial charge is 0.234 e. The monoisotopic (exact) mass is 259 g/mol. The van der Waals surface area contributed by atoms with Crippen LogP contribution in [-0.2, 0) is 4.79 Å². The van der Waals surface area contributed by atoms with E-state index in [9.17, 15) is 4.79 Å². The summed E-state index contributed by atoms with van der Waals surface area (Å²) in [5.41, 5.74) is 1.41. The summed E-state index contributed by atoms with van der Waals surface area (Å²) < 4.78 is 0. The summed E-state index contributed by atoms with van der Waals surface area (Å²) in [7, 11) is 0. The Morgan fingerprint density at radius 3 is 2.68 bits per heavy atom. The number of carbonyl (C=O) groups is 1. The molecule has 2 N–H and O–H groups in total. The van der Waals surface area contributed by atoms with Crippen molar-refractivity contribution in [2.45, 2.75) is 39.3 Å². The minimum Gasteiger partial charge on any atom is -0.350 e. The molecule has 0 aromatic heterocycles. The van der Waals surface area contributed by atoms with Gasteiger partial charge in [0.05, 0.1) is 18.2 Å². The number of nitrogens with one attached hydrogen (secondary N) is 2. The van der Waals surface area contributed by atoms with Crippen LogP contribution in [0.3, 0.4) is 0 Å². The van der Waals surface area contributed by atoms with Crippen LogP contribution in [0.5, 0.6) is 0 Å². The van der Waals surface area contributed by atoms with Crippen molar-refractivity contribution in [3.05, 3.63) is 35.4 Å². The first kappa shape index (κ1) is 15.2. The van der Waals surface area contributed by atoms with Gasteiger partial charge >= 0.3 is 0 Å². The highest BCUT2D eigenvalue weighted by Gasteiger charge is 2.14. The van der Waals surface area contributed by atoms with Crippen LogP contribution in [0, 0.1) is 11.3 Å². The summed E-state index contributed by atoms with van der Waals surface area (Å²) in [6.45, 7) is 8.08. The molecule has 0 heterocycles. The lowest BCUT2D eigenvalue weighted by Crippen LogP contribution is -2.45. The predicted octanol–water partition coefficient (Wildman–Crippen LogP) is 2.12. The van der Waals surface area contributed by atoms with Crippen LogP contribution < -0.4 is 10.6 Å². The number of rotatable bonds is 4. The molecule has 0 spiro atoms. The average molecular weight is 259 g/mol. The number of hydrogen-bond donors (Lipinski definition) is 2. The number of nitriles is 1. The van der Waals surface area contributed by atoms with Gasteiger partial charge in [-0.15, -0.1) is 0 Å². The van der Waals surface area contributed by atoms with Gasteiger partial charge in [-0.05, 0) is 45.4 Å². The molecule has 1 atom stereocenters. The Labute approximate surface area is 114 Å². The highest BCUT2D eigenvalue weighted by Crippen LogP contribution is 2.13. The Morgan fingerprint density at radius 1 is 1.42 bits per heavy atom. The highest BCUT2D eigenvalue weighted by molar-refractivity contribution is 5.78. The molecule has 1 aromatic rings. The van der Waals surface area contributed by atoms with Gasteiger partial charge < -0.3 is 10.6 Å². The van der Waals surface area contributed by atoms with Gasteiger partial charge in [0.2, 0.25) is 5.91 Å². The van der Waals surface area contributed by atoms with Gasteiger partial charge in [-0.2, -0.15) is 5.26 Å². The molecule has 0 aliphatic heterocycles. The Morgan fingerprint density at radius 2 is 2.11 bits per heavy atom. The lowest BCUT2D eigenvalue weighted by atomic mass is 10.1. The van der Waals surface area contributed by atoms with Gasteiger partial charge in [0.15, 0.2) is 0 Å². The molecular weight excluding hydrogens is 238 g/mol. The molecule has 1 rings (SSSR count). The van der Waals surface area contributed by atoms with E-state index in [0.29, 0.717) is 5.56 Å². The number of carbonyl (C=O) groups excluding carboxylic acids is 1. The molecule has 1 amide bonds. The number of benzene rings is 1. The fourth-order valence-corrected chi connectivity index (χ4v) is 1.70. The minimum atomic E-state index is -0.220. The minimum absolute atomic E-state index is 0.0269. The van der Waals surface area contributed by atoms with Crippen molar-refractivity contribution in [1.82, 2.24) is 10.6 Å². The summed E-state index contributed by atoms with van der Waals surface area (Å²) in [5, 5.41) is 14.9. The molecule has 0 aliphatic rings. The molecule has 102 valence electrons. The second-order valence-corrected chi connectivity index (χ2v) is 5.64. The molecule has 0 radical (unpaired) electrons. The predicted molar refractivity (Wildman–Crippen MR) is 75.5 cm³/mol. The van der Waals surface area contributed by atoms with E-state index in [0.717, 1.165) is 5.56 Å². The number of hydrogen-bond acceptors (Lipinski definition) is 3. The molecule has 0 saturated heterocycles. The van der Waals surface area contributed by atoms with E-state index in [4.69, 9.17) is 5.26 Å². The molecule has 0 fully saturated rings. The molecule has 4 nitrogen and oxygen atoms in total. The van der Waals surface area contributed by atoms with E-state index in [2.05, 4.69) is 16.7 Å². The average Bonchev–Trinajstić information content (AvgIpc) is 2.34. The van der Waals surface area contributed by atoms with E-state index in [1.54, 1.807) is 6.07 Å². The highest BCUT2D eigenvalue weighted by atomic mass is 16.2. The van der Waals surface area contributed by atoms with Crippen molar-refractivity contribution < 1.29 is 4.79 Å². The third kappa shape index (κ3) is 5.54. The van der Waals surface area contributed by atoms with E-state index in [1.807, 2.05) is 45.9 Å². The summed E-state index contributed by atoms with van der Waals surface area (Å²) >= 11 is 0. The Hall–Kier alpha value is -1.86. The third-order valence-electron chi connectivity index (χ3n) is 2.60. The van der Waals surface area contributed by atoms with Crippen molar-refractivity contribution in [2.75, 3.05) is 6.54 Å². The first-order valence-electron chi connectivity index (χ1n) is 6.36. The van der Waals surface area contributed by atoms with E-state index in [1.165, 1.54) is 0 Å². The van der Waals surface area contributed by atoms with Crippen LogP contribution in [0.1, 0.15) is 44.9 Å². The first-order chi connectivity index (χ1) is 8.81. The largest absolute Gasteiger partial charge is 0.350 e. The van der Waals surface area contributed by atoms with Crippen LogP contribution in [0.4, 0.5) is 0 Å². The van der Waals surface area contributed by atoms with Crippen LogP contribution in [0.25, 0.3) is 0 Å². The first-order valence-corrected chi connectivity index (χ1v) is 6.36. The maximum Gasteiger partial charge on any atom is 0.234 e. The standard InChI is InChI=1S/C15H21N3O/c1-11(13-7-5-6-12(8-13)9-16)17-10-14(19)18-15(2,3)4/h5-8,11,17H,10H2,1-4H3,(H,18,19). The Balaban J connectivity index is 2.54. The van der Waals surface area contributed by atoms with Gasteiger partial charge in [0, 0.05) is 11.6 Å². The second-order valence-electron chi connectivity index (χ2n) is 5.64. The van der Waals surface area contributed by atoms with Gasteiger partial charge in [-0.3, -0.25) is 4.79 Å². The van der Waals surface area contributed by atoms with Gasteiger partial charge in [-0.25, -0.2) is 0 Å². The van der Waals surface area contributed by atoms with Crippen LogP contribution >= 0.6 is 0 Å². The molecule has 4 heteroatoms. The van der Waals surface area contributed by atoms with E-state index >= 15 is 0 Å². The summed E-state index contributed by atoms with van der Waals surface area (Å²) in [4.78, 5) is 11.7. The zero-order chi connectivity index (χ0) is 14.5. The normalized spacial score (nSPS) is 12.6. The molecule has 0 saturated carbocycles.